The van der Waals surface area contributed by atoms with Crippen LogP contribution in [0.15, 0.2) is 34.8 Å². The Morgan fingerprint density at radius 1 is 0.766 bits per heavy atom. The molecule has 1 atom stereocenters. The third kappa shape index (κ3) is 7.79. The van der Waals surface area contributed by atoms with Gasteiger partial charge in [-0.25, -0.2) is 46.3 Å². The van der Waals surface area contributed by atoms with Crippen molar-refractivity contribution in [2.75, 3.05) is 37.2 Å². The van der Waals surface area contributed by atoms with Crippen LogP contribution in [0.2, 0.25) is 0 Å². The summed E-state index contributed by atoms with van der Waals surface area (Å²) in [6.07, 6.45) is 2.07. The Bertz CT molecular complexity index is 1890. The number of aromatic nitrogens is 4. The minimum atomic E-state index is -1.82. The van der Waals surface area contributed by atoms with Gasteiger partial charge in [0.05, 0.1) is 36.1 Å². The molecule has 0 fully saturated rings. The van der Waals surface area contributed by atoms with Crippen LogP contribution in [-0.4, -0.2) is 61.4 Å². The highest BCUT2D eigenvalue weighted by molar-refractivity contribution is 7.99. The van der Waals surface area contributed by atoms with Crippen LogP contribution in [0.3, 0.4) is 0 Å². The largest absolute Gasteiger partial charge is 0.496 e. The van der Waals surface area contributed by atoms with Crippen molar-refractivity contribution in [3.05, 3.63) is 81.7 Å². The zero-order valence-electron chi connectivity index (χ0n) is 24.8. The number of nitrogen functional groups attached to an aromatic ring is 2. The molecule has 11 nitrogen and oxygen atoms in total. The summed E-state index contributed by atoms with van der Waals surface area (Å²) >= 11 is 1.30. The molecule has 0 spiro atoms. The summed E-state index contributed by atoms with van der Waals surface area (Å²) in [5.41, 5.74) is 9.12. The van der Waals surface area contributed by atoms with Gasteiger partial charge in [0.25, 0.3) is 0 Å². The molecule has 250 valence electrons. The van der Waals surface area contributed by atoms with Crippen LogP contribution >= 0.6 is 11.8 Å². The van der Waals surface area contributed by atoms with E-state index < -0.39 is 79.9 Å². The monoisotopic (exact) mass is 702 g/mol. The summed E-state index contributed by atoms with van der Waals surface area (Å²) in [6, 6.07) is 1.13. The molecule has 4 N–H and O–H groups in total. The number of hydrogen-bond donors (Lipinski definition) is 2. The molecule has 47 heavy (non-hydrogen) atoms. The minimum Gasteiger partial charge on any atom is -0.496 e. The van der Waals surface area contributed by atoms with Gasteiger partial charge in [-0.3, -0.25) is 13.8 Å². The molecule has 0 aliphatic carbocycles. The first-order valence-corrected chi connectivity index (χ1v) is 15.3. The van der Waals surface area contributed by atoms with Gasteiger partial charge in [0.2, 0.25) is 16.7 Å². The molecule has 0 aliphatic heterocycles. The number of anilines is 2. The van der Waals surface area contributed by atoms with Crippen LogP contribution in [0.5, 0.6) is 11.5 Å². The number of carbonyl (C=O) groups excluding carboxylic acids is 2. The van der Waals surface area contributed by atoms with Gasteiger partial charge in [0.15, 0.2) is 40.1 Å². The number of halogens is 6. The molecule has 1 unspecified atom stereocenters. The Balaban J connectivity index is 0.000000256. The number of methoxy groups -OCH3 is 2. The Labute approximate surface area is 269 Å². The van der Waals surface area contributed by atoms with Gasteiger partial charge in [0.1, 0.15) is 34.3 Å². The second kappa shape index (κ2) is 15.7. The first-order chi connectivity index (χ1) is 22.2. The molecule has 0 saturated carbocycles. The zero-order valence-corrected chi connectivity index (χ0v) is 26.4. The van der Waals surface area contributed by atoms with E-state index in [1.807, 2.05) is 6.92 Å². The molecule has 4 rings (SSSR count). The number of benzene rings is 2. The second-order valence-electron chi connectivity index (χ2n) is 8.76. The van der Waals surface area contributed by atoms with Gasteiger partial charge in [0, 0.05) is 30.3 Å². The van der Waals surface area contributed by atoms with E-state index in [9.17, 15) is 40.1 Å². The fourth-order valence-electron chi connectivity index (χ4n) is 3.70. The molecule has 4 aromatic rings. The molecule has 0 bridgehead atoms. The summed E-state index contributed by atoms with van der Waals surface area (Å²) in [5, 5.41) is 0.253. The SMILES string of the molecule is CCS(=O)c1ncc(C(=O)c2c(OC)cc(F)c(F)c2F)c(N)n1.CCSc1ncc(C(=O)c2c(OC)cc(F)c(F)c2F)c(N)n1. The van der Waals surface area contributed by atoms with E-state index >= 15 is 0 Å². The van der Waals surface area contributed by atoms with Crippen molar-refractivity contribution in [1.29, 1.82) is 0 Å². The normalized spacial score (nSPS) is 11.4. The van der Waals surface area contributed by atoms with Crippen LogP contribution < -0.4 is 20.9 Å². The molecule has 0 aliphatic rings. The van der Waals surface area contributed by atoms with Gasteiger partial charge in [-0.15, -0.1) is 0 Å². The number of nitrogens with zero attached hydrogens (tertiary/aromatic N) is 4. The average Bonchev–Trinajstić information content (AvgIpc) is 3.05. The maximum atomic E-state index is 14.0. The quantitative estimate of drug-likeness (QED) is 0.0770. The number of ketones is 2. The smallest absolute Gasteiger partial charge is 0.220 e. The lowest BCUT2D eigenvalue weighted by atomic mass is 10.0. The first kappa shape index (κ1) is 36.7. The maximum Gasteiger partial charge on any atom is 0.220 e. The van der Waals surface area contributed by atoms with Crippen LogP contribution in [0.4, 0.5) is 38.0 Å². The molecule has 0 radical (unpaired) electrons. The lowest BCUT2D eigenvalue weighted by molar-refractivity contribution is 0.102. The Morgan fingerprint density at radius 2 is 1.21 bits per heavy atom. The fourth-order valence-corrected chi connectivity index (χ4v) is 4.88. The lowest BCUT2D eigenvalue weighted by Crippen LogP contribution is -2.14. The van der Waals surface area contributed by atoms with Crippen LogP contribution in [0.1, 0.15) is 45.7 Å². The predicted octanol–water partition coefficient (Wildman–Crippen LogP) is 4.67. The molecule has 2 aromatic heterocycles. The highest BCUT2D eigenvalue weighted by Gasteiger charge is 2.29. The second-order valence-corrected chi connectivity index (χ2v) is 11.6. The molecule has 0 amide bonds. The molecule has 0 saturated heterocycles. The lowest BCUT2D eigenvalue weighted by Gasteiger charge is -2.11. The molecule has 2 aromatic carbocycles. The first-order valence-electron chi connectivity index (χ1n) is 13.0. The van der Waals surface area contributed by atoms with E-state index in [4.69, 9.17) is 20.9 Å². The van der Waals surface area contributed by atoms with Crippen molar-refractivity contribution in [1.82, 2.24) is 19.9 Å². The zero-order chi connectivity index (χ0) is 35.2. The van der Waals surface area contributed by atoms with Gasteiger partial charge in [-0.05, 0) is 5.75 Å². The predicted molar refractivity (Wildman–Crippen MR) is 159 cm³/mol. The number of thioether (sulfide) groups is 1. The summed E-state index contributed by atoms with van der Waals surface area (Å²) in [5.74, 6) is -12.6. The van der Waals surface area contributed by atoms with Gasteiger partial charge >= 0.3 is 0 Å². The summed E-state index contributed by atoms with van der Waals surface area (Å²) in [7, 11) is 0.661. The van der Waals surface area contributed by atoms with E-state index in [-0.39, 0.29) is 33.7 Å². The van der Waals surface area contributed by atoms with Crippen LogP contribution in [0.25, 0.3) is 0 Å². The van der Waals surface area contributed by atoms with Gasteiger partial charge < -0.3 is 20.9 Å². The molecular formula is C28H24F6N6O5S2. The third-order valence-electron chi connectivity index (χ3n) is 5.97. The Kier molecular flexibility index (Phi) is 12.2. The average molecular weight is 703 g/mol. The van der Waals surface area contributed by atoms with E-state index in [1.165, 1.54) is 11.8 Å². The summed E-state index contributed by atoms with van der Waals surface area (Å²) in [6.45, 7) is 3.51. The van der Waals surface area contributed by atoms with Crippen molar-refractivity contribution in [3.8, 4) is 11.5 Å². The number of nitrogens with two attached hydrogens (primary N) is 2. The number of ether oxygens (including phenoxy) is 2. The highest BCUT2D eigenvalue weighted by atomic mass is 32.2. The number of rotatable bonds is 10. The van der Waals surface area contributed by atoms with Crippen molar-refractivity contribution < 1.29 is 49.6 Å². The maximum absolute atomic E-state index is 14.0. The highest BCUT2D eigenvalue weighted by Crippen LogP contribution is 2.31. The summed E-state index contributed by atoms with van der Waals surface area (Å²) < 4.78 is 102. The van der Waals surface area contributed by atoms with Crippen molar-refractivity contribution in [2.24, 2.45) is 0 Å². The van der Waals surface area contributed by atoms with E-state index in [0.29, 0.717) is 23.0 Å². The minimum absolute atomic E-state index is 0.0933. The third-order valence-corrected chi connectivity index (χ3v) is 7.84. The van der Waals surface area contributed by atoms with E-state index in [2.05, 4.69) is 19.9 Å². The van der Waals surface area contributed by atoms with Crippen molar-refractivity contribution in [3.63, 3.8) is 0 Å². The summed E-state index contributed by atoms with van der Waals surface area (Å²) in [4.78, 5) is 40.2. The molecular weight excluding hydrogens is 678 g/mol. The van der Waals surface area contributed by atoms with E-state index in [1.54, 1.807) is 6.92 Å². The Morgan fingerprint density at radius 3 is 1.60 bits per heavy atom. The topological polar surface area (TPSA) is 173 Å². The van der Waals surface area contributed by atoms with Gasteiger partial charge in [-0.1, -0.05) is 25.6 Å². The van der Waals surface area contributed by atoms with E-state index in [0.717, 1.165) is 26.6 Å². The fraction of sp³-hybridized carbons (Fsp3) is 0.214. The van der Waals surface area contributed by atoms with Crippen LogP contribution in [0, 0.1) is 34.9 Å². The number of hydrogen-bond acceptors (Lipinski definition) is 12. The van der Waals surface area contributed by atoms with Crippen molar-refractivity contribution in [2.45, 2.75) is 24.2 Å². The van der Waals surface area contributed by atoms with Crippen molar-refractivity contribution >= 4 is 45.8 Å². The molecule has 19 heteroatoms. The Hall–Kier alpha value is -4.78. The van der Waals surface area contributed by atoms with Crippen LogP contribution in [-0.2, 0) is 10.8 Å². The number of carbonyl (C=O) groups is 2. The molecule has 2 heterocycles. The standard InChI is InChI=1S/C14H12F3N3O3S.C14H12F3N3O2S/c1-3-24(22)14-19-5-6(13(18)20-14)12(21)9-8(23-2)4-7(15)10(16)11(9)17;1-3-23-14-19-5-6(13(18)20-14)12(21)9-8(22-2)4-7(15)10(16)11(9)17/h4-5H,3H2,1-2H3,(H2,18,19,20);4-5H,3H2,1-2H3,(H2,18,19,20). The van der Waals surface area contributed by atoms with Gasteiger partial charge in [-0.2, -0.15) is 0 Å².